The molecule has 2 heterocycles. The molecular weight excluding hydrogens is 264 g/mol. The topological polar surface area (TPSA) is 64.2 Å². The van der Waals surface area contributed by atoms with Crippen molar-refractivity contribution in [3.63, 3.8) is 0 Å². The molecule has 5 heteroatoms. The fraction of sp³-hybridized carbons (Fsp3) is 0.375. The third kappa shape index (κ3) is 3.07. The van der Waals surface area contributed by atoms with Crippen LogP contribution in [0, 0.1) is 0 Å². The SMILES string of the molecule is Nc1ccccc1CCn1ncc(N2CCCC2)cc1=O. The van der Waals surface area contributed by atoms with Gasteiger partial charge in [-0.05, 0) is 30.9 Å². The molecule has 2 aromatic rings. The van der Waals surface area contributed by atoms with Crippen molar-refractivity contribution in [2.24, 2.45) is 0 Å². The fourth-order valence-electron chi connectivity index (χ4n) is 2.73. The molecule has 0 amide bonds. The number of benzene rings is 1. The Balaban J connectivity index is 1.71. The first kappa shape index (κ1) is 13.7. The van der Waals surface area contributed by atoms with Crippen molar-refractivity contribution in [1.82, 2.24) is 9.78 Å². The number of hydrogen-bond donors (Lipinski definition) is 1. The highest BCUT2D eigenvalue weighted by molar-refractivity contribution is 5.46. The summed E-state index contributed by atoms with van der Waals surface area (Å²) < 4.78 is 1.51. The van der Waals surface area contributed by atoms with Gasteiger partial charge in [-0.25, -0.2) is 4.68 Å². The summed E-state index contributed by atoms with van der Waals surface area (Å²) in [6, 6.07) is 9.42. The molecule has 2 N–H and O–H groups in total. The van der Waals surface area contributed by atoms with Gasteiger partial charge >= 0.3 is 0 Å². The predicted octanol–water partition coefficient (Wildman–Crippen LogP) is 1.67. The van der Waals surface area contributed by atoms with Gasteiger partial charge in [0.25, 0.3) is 5.56 Å². The zero-order valence-electron chi connectivity index (χ0n) is 12.0. The minimum Gasteiger partial charge on any atom is -0.399 e. The third-order valence-electron chi connectivity index (χ3n) is 3.97. The van der Waals surface area contributed by atoms with Crippen LogP contribution in [0.3, 0.4) is 0 Å². The Morgan fingerprint density at radius 1 is 1.19 bits per heavy atom. The molecule has 0 aliphatic carbocycles. The molecular formula is C16H20N4O. The van der Waals surface area contributed by atoms with Crippen molar-refractivity contribution in [3.8, 4) is 0 Å². The van der Waals surface area contributed by atoms with Gasteiger partial charge in [-0.3, -0.25) is 4.79 Å². The van der Waals surface area contributed by atoms with Gasteiger partial charge in [0.15, 0.2) is 0 Å². The van der Waals surface area contributed by atoms with E-state index in [2.05, 4.69) is 10.00 Å². The number of anilines is 2. The Hall–Kier alpha value is -2.30. The standard InChI is InChI=1S/C16H20N4O/c17-15-6-2-1-5-13(15)7-10-20-16(21)11-14(12-18-20)19-8-3-4-9-19/h1-2,5-6,11-12H,3-4,7-10,17H2. The summed E-state index contributed by atoms with van der Waals surface area (Å²) in [6.45, 7) is 2.59. The van der Waals surface area contributed by atoms with Crippen LogP contribution in [0.4, 0.5) is 11.4 Å². The molecule has 0 unspecified atom stereocenters. The van der Waals surface area contributed by atoms with Gasteiger partial charge in [0, 0.05) is 31.4 Å². The molecule has 110 valence electrons. The van der Waals surface area contributed by atoms with Crippen LogP contribution in [0.5, 0.6) is 0 Å². The Morgan fingerprint density at radius 3 is 2.67 bits per heavy atom. The van der Waals surface area contributed by atoms with E-state index >= 15 is 0 Å². The molecule has 1 aromatic carbocycles. The second-order valence-electron chi connectivity index (χ2n) is 5.42. The van der Waals surface area contributed by atoms with Crippen LogP contribution in [0.25, 0.3) is 0 Å². The molecule has 5 nitrogen and oxygen atoms in total. The summed E-state index contributed by atoms with van der Waals surface area (Å²) in [7, 11) is 0. The molecule has 1 aliphatic rings. The lowest BCUT2D eigenvalue weighted by Crippen LogP contribution is -2.26. The van der Waals surface area contributed by atoms with Gasteiger partial charge in [-0.15, -0.1) is 0 Å². The number of hydrogen-bond acceptors (Lipinski definition) is 4. The second kappa shape index (κ2) is 5.99. The smallest absolute Gasteiger partial charge is 0.268 e. The molecule has 0 saturated carbocycles. The van der Waals surface area contributed by atoms with Crippen molar-refractivity contribution >= 4 is 11.4 Å². The number of nitrogens with two attached hydrogens (primary N) is 1. The average molecular weight is 284 g/mol. The van der Waals surface area contributed by atoms with Gasteiger partial charge < -0.3 is 10.6 Å². The summed E-state index contributed by atoms with van der Waals surface area (Å²) in [5.74, 6) is 0. The molecule has 1 saturated heterocycles. The van der Waals surface area contributed by atoms with E-state index < -0.39 is 0 Å². The van der Waals surface area contributed by atoms with Gasteiger partial charge in [0.2, 0.25) is 0 Å². The minimum absolute atomic E-state index is 0.0473. The van der Waals surface area contributed by atoms with Crippen LogP contribution in [-0.4, -0.2) is 22.9 Å². The lowest BCUT2D eigenvalue weighted by atomic mass is 10.1. The Bertz CT molecular complexity index is 674. The highest BCUT2D eigenvalue weighted by atomic mass is 16.1. The fourth-order valence-corrected chi connectivity index (χ4v) is 2.73. The van der Waals surface area contributed by atoms with E-state index in [0.717, 1.165) is 30.0 Å². The summed E-state index contributed by atoms with van der Waals surface area (Å²) in [6.07, 6.45) is 4.89. The number of rotatable bonds is 4. The minimum atomic E-state index is -0.0473. The van der Waals surface area contributed by atoms with Crippen LogP contribution >= 0.6 is 0 Å². The zero-order chi connectivity index (χ0) is 14.7. The number of aryl methyl sites for hydroxylation is 2. The maximum absolute atomic E-state index is 12.1. The largest absolute Gasteiger partial charge is 0.399 e. The van der Waals surface area contributed by atoms with Crippen LogP contribution in [0.2, 0.25) is 0 Å². The van der Waals surface area contributed by atoms with Crippen LogP contribution in [0.15, 0.2) is 41.3 Å². The van der Waals surface area contributed by atoms with Gasteiger partial charge in [0.05, 0.1) is 11.9 Å². The van der Waals surface area contributed by atoms with E-state index in [9.17, 15) is 4.79 Å². The van der Waals surface area contributed by atoms with E-state index in [1.54, 1.807) is 12.3 Å². The maximum atomic E-state index is 12.1. The quantitative estimate of drug-likeness (QED) is 0.867. The molecule has 1 aromatic heterocycles. The predicted molar refractivity (Wildman–Crippen MR) is 84.5 cm³/mol. The van der Waals surface area contributed by atoms with Gasteiger partial charge in [-0.2, -0.15) is 5.10 Å². The molecule has 0 radical (unpaired) electrons. The molecule has 3 rings (SSSR count). The number of nitrogen functional groups attached to an aromatic ring is 1. The summed E-state index contributed by atoms with van der Waals surface area (Å²) in [4.78, 5) is 14.4. The first-order valence-corrected chi connectivity index (χ1v) is 7.39. The Morgan fingerprint density at radius 2 is 1.95 bits per heavy atom. The van der Waals surface area contributed by atoms with Crippen molar-refractivity contribution in [1.29, 1.82) is 0 Å². The lowest BCUT2D eigenvalue weighted by Gasteiger charge is -2.17. The van der Waals surface area contributed by atoms with E-state index in [0.29, 0.717) is 13.0 Å². The highest BCUT2D eigenvalue weighted by Gasteiger charge is 2.13. The van der Waals surface area contributed by atoms with Crippen molar-refractivity contribution in [2.45, 2.75) is 25.8 Å². The van der Waals surface area contributed by atoms with E-state index in [1.807, 2.05) is 24.3 Å². The highest BCUT2D eigenvalue weighted by Crippen LogP contribution is 2.17. The maximum Gasteiger partial charge on any atom is 0.268 e. The summed E-state index contributed by atoms with van der Waals surface area (Å²) >= 11 is 0. The molecule has 0 spiro atoms. The lowest BCUT2D eigenvalue weighted by molar-refractivity contribution is 0.578. The number of nitrogens with zero attached hydrogens (tertiary/aromatic N) is 3. The Labute approximate surface area is 124 Å². The van der Waals surface area contributed by atoms with Crippen LogP contribution in [0.1, 0.15) is 18.4 Å². The van der Waals surface area contributed by atoms with Crippen molar-refractivity contribution < 1.29 is 0 Å². The monoisotopic (exact) mass is 284 g/mol. The van der Waals surface area contributed by atoms with Crippen molar-refractivity contribution in [3.05, 3.63) is 52.4 Å². The molecule has 21 heavy (non-hydrogen) atoms. The number of para-hydroxylation sites is 1. The molecule has 1 aliphatic heterocycles. The second-order valence-corrected chi connectivity index (χ2v) is 5.42. The van der Waals surface area contributed by atoms with E-state index in [-0.39, 0.29) is 5.56 Å². The third-order valence-corrected chi connectivity index (χ3v) is 3.97. The van der Waals surface area contributed by atoms with Gasteiger partial charge in [0.1, 0.15) is 0 Å². The van der Waals surface area contributed by atoms with Gasteiger partial charge in [-0.1, -0.05) is 18.2 Å². The van der Waals surface area contributed by atoms with Crippen LogP contribution in [-0.2, 0) is 13.0 Å². The van der Waals surface area contributed by atoms with Crippen molar-refractivity contribution in [2.75, 3.05) is 23.7 Å². The summed E-state index contributed by atoms with van der Waals surface area (Å²) in [5.41, 5.74) is 8.62. The first-order chi connectivity index (χ1) is 10.2. The Kier molecular flexibility index (Phi) is 3.90. The summed E-state index contributed by atoms with van der Waals surface area (Å²) in [5, 5.41) is 4.29. The molecule has 0 atom stereocenters. The molecule has 1 fully saturated rings. The zero-order valence-corrected chi connectivity index (χ0v) is 12.0. The average Bonchev–Trinajstić information content (AvgIpc) is 3.02. The molecule has 0 bridgehead atoms. The first-order valence-electron chi connectivity index (χ1n) is 7.39. The number of aromatic nitrogens is 2. The van der Waals surface area contributed by atoms with E-state index in [1.165, 1.54) is 17.5 Å². The van der Waals surface area contributed by atoms with E-state index in [4.69, 9.17) is 5.73 Å². The van der Waals surface area contributed by atoms with Crippen LogP contribution < -0.4 is 16.2 Å². The normalized spacial score (nSPS) is 14.6.